The molecule has 1 aromatic rings. The molecule has 1 aromatic carbocycles. The van der Waals surface area contributed by atoms with E-state index in [2.05, 4.69) is 0 Å². The number of aliphatic hydroxyl groups excluding tert-OH is 1. The van der Waals surface area contributed by atoms with Crippen LogP contribution in [0.1, 0.15) is 5.56 Å². The van der Waals surface area contributed by atoms with Gasteiger partial charge in [0, 0.05) is 18.8 Å². The molecule has 4 N–H and O–H groups in total. The predicted octanol–water partition coefficient (Wildman–Crippen LogP) is 0.741. The number of hydrogen-bond acceptors (Lipinski definition) is 3. The van der Waals surface area contributed by atoms with Crippen LogP contribution in [0.25, 0.3) is 0 Å². The minimum absolute atomic E-state index is 0.111. The highest BCUT2D eigenvalue weighted by molar-refractivity contribution is 5.65. The van der Waals surface area contributed by atoms with Crippen molar-refractivity contribution in [3.8, 4) is 0 Å². The summed E-state index contributed by atoms with van der Waals surface area (Å²) in [5.74, 6) is 0. The van der Waals surface area contributed by atoms with Gasteiger partial charge in [0.25, 0.3) is 0 Å². The van der Waals surface area contributed by atoms with Crippen LogP contribution in [0.3, 0.4) is 0 Å². The third-order valence-electron chi connectivity index (χ3n) is 1.99. The Balaban J connectivity index is 2.65. The molecule has 0 aliphatic carbocycles. The third-order valence-corrected chi connectivity index (χ3v) is 1.99. The second-order valence-electron chi connectivity index (χ2n) is 3.17. The lowest BCUT2D eigenvalue weighted by atomic mass is 10.2. The van der Waals surface area contributed by atoms with Crippen molar-refractivity contribution in [1.29, 1.82) is 0 Å². The first kappa shape index (κ1) is 11.3. The highest BCUT2D eigenvalue weighted by atomic mass is 16.4. The lowest BCUT2D eigenvalue weighted by molar-refractivity contribution is 0.129. The molecule has 0 heterocycles. The second-order valence-corrected chi connectivity index (χ2v) is 3.17. The van der Waals surface area contributed by atoms with E-state index in [4.69, 9.17) is 15.9 Å². The van der Waals surface area contributed by atoms with Crippen molar-refractivity contribution in [2.45, 2.75) is 6.54 Å². The summed E-state index contributed by atoms with van der Waals surface area (Å²) >= 11 is 0. The Morgan fingerprint density at radius 2 is 1.93 bits per heavy atom. The zero-order valence-corrected chi connectivity index (χ0v) is 8.26. The van der Waals surface area contributed by atoms with E-state index in [1.54, 1.807) is 24.3 Å². The van der Waals surface area contributed by atoms with Gasteiger partial charge in [-0.2, -0.15) is 0 Å². The Morgan fingerprint density at radius 1 is 1.33 bits per heavy atom. The zero-order valence-electron chi connectivity index (χ0n) is 8.26. The predicted molar refractivity (Wildman–Crippen MR) is 56.4 cm³/mol. The Morgan fingerprint density at radius 3 is 2.40 bits per heavy atom. The van der Waals surface area contributed by atoms with Gasteiger partial charge in [0.1, 0.15) is 0 Å². The largest absolute Gasteiger partial charge is 0.465 e. The summed E-state index contributed by atoms with van der Waals surface area (Å²) in [5.41, 5.74) is 6.99. The molecule has 0 spiro atoms. The van der Waals surface area contributed by atoms with Gasteiger partial charge in [-0.3, -0.25) is 0 Å². The minimum Gasteiger partial charge on any atom is -0.465 e. The average Bonchev–Trinajstić information content (AvgIpc) is 2.20. The van der Waals surface area contributed by atoms with Crippen molar-refractivity contribution in [2.24, 2.45) is 0 Å². The quantitative estimate of drug-likeness (QED) is 0.640. The maximum absolute atomic E-state index is 10.8. The van der Waals surface area contributed by atoms with Crippen LogP contribution in [-0.4, -0.2) is 34.4 Å². The SMILES string of the molecule is Nc1ccc(CN(CCO)C(=O)O)cc1. The number of amides is 1. The van der Waals surface area contributed by atoms with Crippen LogP contribution in [0, 0.1) is 0 Å². The topological polar surface area (TPSA) is 86.8 Å². The molecule has 5 heteroatoms. The van der Waals surface area contributed by atoms with Gasteiger partial charge in [-0.05, 0) is 17.7 Å². The number of anilines is 1. The van der Waals surface area contributed by atoms with Crippen LogP contribution in [0.5, 0.6) is 0 Å². The van der Waals surface area contributed by atoms with Crippen molar-refractivity contribution in [3.63, 3.8) is 0 Å². The first-order valence-corrected chi connectivity index (χ1v) is 4.56. The van der Waals surface area contributed by atoms with E-state index in [1.807, 2.05) is 0 Å². The van der Waals surface area contributed by atoms with Gasteiger partial charge < -0.3 is 20.8 Å². The molecule has 1 rings (SSSR count). The molecule has 0 radical (unpaired) electrons. The molecule has 0 bridgehead atoms. The summed E-state index contributed by atoms with van der Waals surface area (Å²) in [4.78, 5) is 11.9. The Hall–Kier alpha value is -1.75. The molecule has 0 atom stereocenters. The van der Waals surface area contributed by atoms with Crippen molar-refractivity contribution in [1.82, 2.24) is 4.90 Å². The first-order chi connectivity index (χ1) is 7.13. The average molecular weight is 210 g/mol. The fraction of sp³-hybridized carbons (Fsp3) is 0.300. The van der Waals surface area contributed by atoms with E-state index in [9.17, 15) is 4.79 Å². The summed E-state index contributed by atoms with van der Waals surface area (Å²) in [6.45, 7) is 0.192. The van der Waals surface area contributed by atoms with E-state index >= 15 is 0 Å². The zero-order chi connectivity index (χ0) is 11.3. The van der Waals surface area contributed by atoms with Crippen molar-refractivity contribution in [3.05, 3.63) is 29.8 Å². The van der Waals surface area contributed by atoms with Crippen LogP contribution < -0.4 is 5.73 Å². The van der Waals surface area contributed by atoms with Gasteiger partial charge in [0.2, 0.25) is 0 Å². The molecule has 1 amide bonds. The smallest absolute Gasteiger partial charge is 0.407 e. The Kier molecular flexibility index (Phi) is 3.93. The van der Waals surface area contributed by atoms with E-state index in [0.29, 0.717) is 5.69 Å². The summed E-state index contributed by atoms with van der Waals surface area (Å²) in [6, 6.07) is 6.97. The van der Waals surface area contributed by atoms with Gasteiger partial charge in [-0.15, -0.1) is 0 Å². The lowest BCUT2D eigenvalue weighted by Gasteiger charge is -2.17. The number of nitrogen functional groups attached to an aromatic ring is 1. The number of aliphatic hydroxyl groups is 1. The fourth-order valence-corrected chi connectivity index (χ4v) is 1.21. The summed E-state index contributed by atoms with van der Waals surface area (Å²) in [5, 5.41) is 17.5. The molecule has 0 aliphatic rings. The number of rotatable bonds is 4. The normalized spacial score (nSPS) is 9.93. The number of nitrogens with two attached hydrogens (primary N) is 1. The molecule has 0 aromatic heterocycles. The standard InChI is InChI=1S/C10H14N2O3/c11-9-3-1-8(2-4-9)7-12(5-6-13)10(14)15/h1-4,13H,5-7,11H2,(H,14,15). The number of carboxylic acid groups (broad SMARTS) is 1. The molecular formula is C10H14N2O3. The van der Waals surface area contributed by atoms with E-state index < -0.39 is 6.09 Å². The van der Waals surface area contributed by atoms with E-state index in [1.165, 1.54) is 0 Å². The van der Waals surface area contributed by atoms with Crippen LogP contribution in [-0.2, 0) is 6.54 Å². The maximum Gasteiger partial charge on any atom is 0.407 e. The van der Waals surface area contributed by atoms with Crippen LogP contribution in [0.2, 0.25) is 0 Å². The molecule has 15 heavy (non-hydrogen) atoms. The van der Waals surface area contributed by atoms with E-state index in [0.717, 1.165) is 10.5 Å². The molecule has 82 valence electrons. The number of nitrogens with zero attached hydrogens (tertiary/aromatic N) is 1. The number of carbonyl (C=O) groups is 1. The fourth-order valence-electron chi connectivity index (χ4n) is 1.21. The summed E-state index contributed by atoms with van der Waals surface area (Å²) in [6.07, 6.45) is -1.04. The number of benzene rings is 1. The monoisotopic (exact) mass is 210 g/mol. The molecule has 0 saturated carbocycles. The second kappa shape index (κ2) is 5.21. The summed E-state index contributed by atoms with van der Waals surface area (Å²) in [7, 11) is 0. The Labute approximate surface area is 87.7 Å². The highest BCUT2D eigenvalue weighted by Gasteiger charge is 2.10. The first-order valence-electron chi connectivity index (χ1n) is 4.56. The summed E-state index contributed by atoms with van der Waals surface area (Å²) < 4.78 is 0. The molecule has 0 unspecified atom stereocenters. The van der Waals surface area contributed by atoms with Crippen LogP contribution >= 0.6 is 0 Å². The van der Waals surface area contributed by atoms with Crippen molar-refractivity contribution in [2.75, 3.05) is 18.9 Å². The minimum atomic E-state index is -1.04. The maximum atomic E-state index is 10.8. The van der Waals surface area contributed by atoms with Crippen LogP contribution in [0.4, 0.5) is 10.5 Å². The third kappa shape index (κ3) is 3.47. The Bertz CT molecular complexity index is 324. The lowest BCUT2D eigenvalue weighted by Crippen LogP contribution is -2.31. The molecule has 5 nitrogen and oxygen atoms in total. The van der Waals surface area contributed by atoms with Crippen molar-refractivity contribution >= 4 is 11.8 Å². The van der Waals surface area contributed by atoms with E-state index in [-0.39, 0.29) is 19.7 Å². The number of hydrogen-bond donors (Lipinski definition) is 3. The highest BCUT2D eigenvalue weighted by Crippen LogP contribution is 2.08. The molecule has 0 aliphatic heterocycles. The van der Waals surface area contributed by atoms with Crippen LogP contribution in [0.15, 0.2) is 24.3 Å². The van der Waals surface area contributed by atoms with Gasteiger partial charge >= 0.3 is 6.09 Å². The van der Waals surface area contributed by atoms with Crippen molar-refractivity contribution < 1.29 is 15.0 Å². The molecule has 0 fully saturated rings. The van der Waals surface area contributed by atoms with Gasteiger partial charge in [-0.1, -0.05) is 12.1 Å². The molecule has 0 saturated heterocycles. The van der Waals surface area contributed by atoms with Gasteiger partial charge in [0.15, 0.2) is 0 Å². The van der Waals surface area contributed by atoms with Gasteiger partial charge in [-0.25, -0.2) is 4.79 Å². The van der Waals surface area contributed by atoms with Gasteiger partial charge in [0.05, 0.1) is 6.61 Å². The molecular weight excluding hydrogens is 196 g/mol.